The molecule has 120 valence electrons. The van der Waals surface area contributed by atoms with Crippen LogP contribution in [0.5, 0.6) is 5.75 Å². The normalized spacial score (nSPS) is 12.8. The SMILES string of the molecule is CC(O)(CNC(=O)CNC(=O)COc1ccccc1)C(=O)O. The average molecular weight is 310 g/mol. The van der Waals surface area contributed by atoms with E-state index in [0.717, 1.165) is 6.92 Å². The van der Waals surface area contributed by atoms with Crippen LogP contribution in [0.1, 0.15) is 6.92 Å². The van der Waals surface area contributed by atoms with Gasteiger partial charge in [0.2, 0.25) is 5.91 Å². The lowest BCUT2D eigenvalue weighted by Crippen LogP contribution is -2.48. The van der Waals surface area contributed by atoms with E-state index in [2.05, 4.69) is 10.6 Å². The van der Waals surface area contributed by atoms with Crippen LogP contribution < -0.4 is 15.4 Å². The van der Waals surface area contributed by atoms with Gasteiger partial charge in [0.1, 0.15) is 5.75 Å². The van der Waals surface area contributed by atoms with Crippen molar-refractivity contribution >= 4 is 17.8 Å². The topological polar surface area (TPSA) is 125 Å². The number of ether oxygens (including phenoxy) is 1. The van der Waals surface area contributed by atoms with E-state index in [-0.39, 0.29) is 13.2 Å². The quantitative estimate of drug-likeness (QED) is 0.495. The molecule has 1 rings (SSSR count). The van der Waals surface area contributed by atoms with Crippen LogP contribution in [0.15, 0.2) is 30.3 Å². The molecular weight excluding hydrogens is 292 g/mol. The predicted octanol–water partition coefficient (Wildman–Crippen LogP) is -0.867. The number of hydrogen-bond acceptors (Lipinski definition) is 5. The molecule has 1 aromatic carbocycles. The zero-order valence-corrected chi connectivity index (χ0v) is 12.0. The zero-order chi connectivity index (χ0) is 16.6. The number of carbonyl (C=O) groups is 3. The lowest BCUT2D eigenvalue weighted by molar-refractivity contribution is -0.156. The Hall–Kier alpha value is -2.61. The Balaban J connectivity index is 2.23. The summed E-state index contributed by atoms with van der Waals surface area (Å²) >= 11 is 0. The summed E-state index contributed by atoms with van der Waals surface area (Å²) in [5, 5.41) is 22.6. The van der Waals surface area contributed by atoms with Crippen LogP contribution in [0.4, 0.5) is 0 Å². The summed E-state index contributed by atoms with van der Waals surface area (Å²) in [6.07, 6.45) is 0. The highest BCUT2D eigenvalue weighted by molar-refractivity contribution is 5.86. The smallest absolute Gasteiger partial charge is 0.337 e. The molecule has 8 nitrogen and oxygen atoms in total. The van der Waals surface area contributed by atoms with Gasteiger partial charge in [-0.25, -0.2) is 4.79 Å². The van der Waals surface area contributed by atoms with E-state index in [0.29, 0.717) is 5.75 Å². The third-order valence-electron chi connectivity index (χ3n) is 2.65. The van der Waals surface area contributed by atoms with Crippen molar-refractivity contribution in [3.8, 4) is 5.75 Å². The Bertz CT molecular complexity index is 529. The van der Waals surface area contributed by atoms with Crippen LogP contribution >= 0.6 is 0 Å². The standard InChI is InChI=1S/C14H18N2O6/c1-14(21,13(19)20)9-16-11(17)7-15-12(18)8-22-10-5-3-2-4-6-10/h2-6,21H,7-9H2,1H3,(H,15,18)(H,16,17)(H,19,20). The number of carboxylic acid groups (broad SMARTS) is 1. The van der Waals surface area contributed by atoms with Gasteiger partial charge in [-0.3, -0.25) is 9.59 Å². The molecule has 0 saturated carbocycles. The first-order valence-corrected chi connectivity index (χ1v) is 6.48. The number of amides is 2. The molecule has 4 N–H and O–H groups in total. The van der Waals surface area contributed by atoms with Crippen LogP contribution in [0.25, 0.3) is 0 Å². The first-order valence-electron chi connectivity index (χ1n) is 6.48. The average Bonchev–Trinajstić information content (AvgIpc) is 2.49. The zero-order valence-electron chi connectivity index (χ0n) is 12.0. The van der Waals surface area contributed by atoms with Gasteiger partial charge in [-0.2, -0.15) is 0 Å². The van der Waals surface area contributed by atoms with Crippen molar-refractivity contribution in [1.82, 2.24) is 10.6 Å². The summed E-state index contributed by atoms with van der Waals surface area (Å²) in [5.74, 6) is -2.04. The van der Waals surface area contributed by atoms with Crippen LogP contribution in [0.2, 0.25) is 0 Å². The number of aliphatic carboxylic acids is 1. The molecule has 8 heteroatoms. The van der Waals surface area contributed by atoms with Gasteiger partial charge in [-0.05, 0) is 19.1 Å². The van der Waals surface area contributed by atoms with Crippen molar-refractivity contribution in [1.29, 1.82) is 0 Å². The molecule has 0 aliphatic heterocycles. The number of nitrogens with one attached hydrogen (secondary N) is 2. The molecule has 0 aromatic heterocycles. The number of rotatable bonds is 8. The van der Waals surface area contributed by atoms with Gasteiger partial charge >= 0.3 is 5.97 Å². The predicted molar refractivity (Wildman–Crippen MR) is 76.2 cm³/mol. The summed E-state index contributed by atoms with van der Waals surface area (Å²) in [4.78, 5) is 33.5. The van der Waals surface area contributed by atoms with Crippen LogP contribution in [-0.4, -0.2) is 53.3 Å². The molecule has 0 fully saturated rings. The molecule has 0 saturated heterocycles. The second kappa shape index (κ2) is 7.99. The van der Waals surface area contributed by atoms with Gasteiger partial charge < -0.3 is 25.6 Å². The fraction of sp³-hybridized carbons (Fsp3) is 0.357. The number of para-hydroxylation sites is 1. The highest BCUT2D eigenvalue weighted by Crippen LogP contribution is 2.07. The second-order valence-electron chi connectivity index (χ2n) is 4.73. The second-order valence-corrected chi connectivity index (χ2v) is 4.73. The van der Waals surface area contributed by atoms with Gasteiger partial charge in [0.25, 0.3) is 5.91 Å². The van der Waals surface area contributed by atoms with Crippen LogP contribution in [0, 0.1) is 0 Å². The molecule has 0 spiro atoms. The summed E-state index contributed by atoms with van der Waals surface area (Å²) in [5.41, 5.74) is -2.06. The minimum atomic E-state index is -2.06. The van der Waals surface area contributed by atoms with Crippen molar-refractivity contribution in [2.24, 2.45) is 0 Å². The van der Waals surface area contributed by atoms with Crippen molar-refractivity contribution in [3.63, 3.8) is 0 Å². The number of carboxylic acids is 1. The number of carbonyl (C=O) groups excluding carboxylic acids is 2. The summed E-state index contributed by atoms with van der Waals surface area (Å²) in [6, 6.07) is 8.70. The van der Waals surface area contributed by atoms with E-state index in [4.69, 9.17) is 9.84 Å². The molecule has 1 unspecified atom stereocenters. The van der Waals surface area contributed by atoms with Crippen LogP contribution in [0.3, 0.4) is 0 Å². The van der Waals surface area contributed by atoms with Gasteiger partial charge in [0.05, 0.1) is 13.1 Å². The summed E-state index contributed by atoms with van der Waals surface area (Å²) in [6.45, 7) is 0.0102. The lowest BCUT2D eigenvalue weighted by atomic mass is 10.1. The van der Waals surface area contributed by atoms with E-state index in [9.17, 15) is 19.5 Å². The molecule has 0 bridgehead atoms. The van der Waals surface area contributed by atoms with Gasteiger partial charge in [0.15, 0.2) is 12.2 Å². The van der Waals surface area contributed by atoms with E-state index in [1.54, 1.807) is 24.3 Å². The van der Waals surface area contributed by atoms with Crippen molar-refractivity contribution < 1.29 is 29.3 Å². The minimum Gasteiger partial charge on any atom is -0.484 e. The number of hydrogen-bond donors (Lipinski definition) is 4. The fourth-order valence-corrected chi connectivity index (χ4v) is 1.30. The maximum absolute atomic E-state index is 11.5. The van der Waals surface area contributed by atoms with E-state index in [1.165, 1.54) is 0 Å². The first kappa shape index (κ1) is 17.4. The van der Waals surface area contributed by atoms with Crippen LogP contribution in [-0.2, 0) is 14.4 Å². The molecule has 0 aliphatic carbocycles. The highest BCUT2D eigenvalue weighted by atomic mass is 16.5. The van der Waals surface area contributed by atoms with Crippen molar-refractivity contribution in [3.05, 3.63) is 30.3 Å². The number of benzene rings is 1. The maximum atomic E-state index is 11.5. The Morgan fingerprint density at radius 1 is 1.14 bits per heavy atom. The Labute approximate surface area is 127 Å². The molecule has 22 heavy (non-hydrogen) atoms. The van der Waals surface area contributed by atoms with E-state index >= 15 is 0 Å². The van der Waals surface area contributed by atoms with E-state index in [1.807, 2.05) is 6.07 Å². The fourth-order valence-electron chi connectivity index (χ4n) is 1.30. The molecule has 1 aromatic rings. The number of aliphatic hydroxyl groups is 1. The van der Waals surface area contributed by atoms with Crippen molar-refractivity contribution in [2.45, 2.75) is 12.5 Å². The molecule has 2 amide bonds. The highest BCUT2D eigenvalue weighted by Gasteiger charge is 2.30. The third-order valence-corrected chi connectivity index (χ3v) is 2.65. The third kappa shape index (κ3) is 6.23. The monoisotopic (exact) mass is 310 g/mol. The summed E-state index contributed by atoms with van der Waals surface area (Å²) in [7, 11) is 0. The lowest BCUT2D eigenvalue weighted by Gasteiger charge is -2.18. The largest absolute Gasteiger partial charge is 0.484 e. The molecule has 0 heterocycles. The Morgan fingerprint density at radius 3 is 2.36 bits per heavy atom. The molecule has 0 aliphatic rings. The van der Waals surface area contributed by atoms with Gasteiger partial charge in [0, 0.05) is 0 Å². The molecular formula is C14H18N2O6. The Morgan fingerprint density at radius 2 is 1.77 bits per heavy atom. The first-order chi connectivity index (χ1) is 10.3. The van der Waals surface area contributed by atoms with Crippen molar-refractivity contribution in [2.75, 3.05) is 19.7 Å². The van der Waals surface area contributed by atoms with E-state index < -0.39 is 29.9 Å². The van der Waals surface area contributed by atoms with Gasteiger partial charge in [-0.1, -0.05) is 18.2 Å². The van der Waals surface area contributed by atoms with Gasteiger partial charge in [-0.15, -0.1) is 0 Å². The summed E-state index contributed by atoms with van der Waals surface area (Å²) < 4.78 is 5.18. The Kier molecular flexibility index (Phi) is 6.33. The molecule has 1 atom stereocenters. The minimum absolute atomic E-state index is 0.246. The maximum Gasteiger partial charge on any atom is 0.337 e. The molecule has 0 radical (unpaired) electrons.